The van der Waals surface area contributed by atoms with Crippen molar-refractivity contribution in [2.24, 2.45) is 5.92 Å². The summed E-state index contributed by atoms with van der Waals surface area (Å²) in [5.41, 5.74) is 4.62. The maximum atomic E-state index is 13.3. The van der Waals surface area contributed by atoms with Crippen molar-refractivity contribution in [1.82, 2.24) is 9.47 Å². The van der Waals surface area contributed by atoms with Crippen LogP contribution in [0.2, 0.25) is 0 Å². The Morgan fingerprint density at radius 1 is 1.20 bits per heavy atom. The zero-order chi connectivity index (χ0) is 20.8. The minimum Gasteiger partial charge on any atom is -0.391 e. The van der Waals surface area contributed by atoms with Gasteiger partial charge in [-0.2, -0.15) is 5.26 Å². The fourth-order valence-corrected chi connectivity index (χ4v) is 5.71. The lowest BCUT2D eigenvalue weighted by Gasteiger charge is -2.26. The van der Waals surface area contributed by atoms with Crippen LogP contribution in [-0.4, -0.2) is 45.1 Å². The second-order valence-corrected chi connectivity index (χ2v) is 9.33. The number of aliphatic hydroxyl groups is 1. The van der Waals surface area contributed by atoms with Crippen LogP contribution in [0.25, 0.3) is 5.69 Å². The van der Waals surface area contributed by atoms with Crippen molar-refractivity contribution in [1.29, 1.82) is 5.26 Å². The summed E-state index contributed by atoms with van der Waals surface area (Å²) in [6.45, 7) is 2.43. The van der Waals surface area contributed by atoms with Crippen LogP contribution in [0, 0.1) is 24.2 Å². The number of Topliss-reactive ketones (excluding diaryl/α,β-unsaturated/α-hetero) is 1. The van der Waals surface area contributed by atoms with Gasteiger partial charge in [0.2, 0.25) is 0 Å². The van der Waals surface area contributed by atoms with Crippen molar-refractivity contribution < 1.29 is 9.90 Å². The van der Waals surface area contributed by atoms with Gasteiger partial charge < -0.3 is 9.67 Å². The highest BCUT2D eigenvalue weighted by Gasteiger charge is 2.46. The number of carbonyl (C=O) groups excluding carboxylic acids is 1. The Labute approximate surface area is 177 Å². The SMILES string of the molecule is Cc1c(C(=O)CN2[C@H]3CC[C@@H]2[C@H](O)C3)cc(CC2CCC2)n1-c1ccc(C#N)cc1. The largest absolute Gasteiger partial charge is 0.391 e. The number of fused-ring (bicyclic) bond motifs is 2. The number of benzene rings is 1. The fraction of sp³-hybridized carbons (Fsp3) is 0.520. The number of hydrogen-bond donors (Lipinski definition) is 1. The van der Waals surface area contributed by atoms with Gasteiger partial charge >= 0.3 is 0 Å². The van der Waals surface area contributed by atoms with E-state index < -0.39 is 0 Å². The zero-order valence-corrected chi connectivity index (χ0v) is 17.6. The molecule has 30 heavy (non-hydrogen) atoms. The highest BCUT2D eigenvalue weighted by molar-refractivity contribution is 5.99. The van der Waals surface area contributed by atoms with Crippen LogP contribution in [0.1, 0.15) is 65.8 Å². The molecule has 3 aliphatic rings. The number of aliphatic hydroxyl groups excluding tert-OH is 1. The summed E-state index contributed by atoms with van der Waals surface area (Å²) in [5.74, 6) is 0.852. The van der Waals surface area contributed by atoms with E-state index in [0.29, 0.717) is 24.1 Å². The zero-order valence-electron chi connectivity index (χ0n) is 17.6. The number of nitriles is 1. The second kappa shape index (κ2) is 7.68. The predicted octanol–water partition coefficient (Wildman–Crippen LogP) is 3.78. The highest BCUT2D eigenvalue weighted by Crippen LogP contribution is 2.38. The van der Waals surface area contributed by atoms with Gasteiger partial charge in [-0.15, -0.1) is 0 Å². The Morgan fingerprint density at radius 3 is 2.53 bits per heavy atom. The molecule has 5 rings (SSSR count). The van der Waals surface area contributed by atoms with Gasteiger partial charge in [0.1, 0.15) is 0 Å². The van der Waals surface area contributed by atoms with E-state index in [1.807, 2.05) is 31.2 Å². The first-order valence-electron chi connectivity index (χ1n) is 11.2. The van der Waals surface area contributed by atoms with Gasteiger partial charge in [-0.1, -0.05) is 19.3 Å². The molecule has 156 valence electrons. The lowest BCUT2D eigenvalue weighted by atomic mass is 9.82. The van der Waals surface area contributed by atoms with Crippen LogP contribution in [0.4, 0.5) is 0 Å². The molecule has 1 aromatic heterocycles. The molecule has 5 heteroatoms. The number of hydrogen-bond acceptors (Lipinski definition) is 4. The molecule has 3 fully saturated rings. The Bertz CT molecular complexity index is 997. The van der Waals surface area contributed by atoms with E-state index in [1.54, 1.807) is 0 Å². The molecule has 1 saturated carbocycles. The third-order valence-electron chi connectivity index (χ3n) is 7.58. The Hall–Kier alpha value is -2.42. The summed E-state index contributed by atoms with van der Waals surface area (Å²) in [6, 6.07) is 12.4. The number of ketones is 1. The number of rotatable bonds is 6. The first-order chi connectivity index (χ1) is 14.5. The molecule has 2 aromatic rings. The van der Waals surface area contributed by atoms with E-state index in [-0.39, 0.29) is 17.9 Å². The van der Waals surface area contributed by atoms with Crippen LogP contribution in [0.3, 0.4) is 0 Å². The molecule has 1 aliphatic carbocycles. The van der Waals surface area contributed by atoms with Crippen molar-refractivity contribution in [3.05, 3.63) is 52.8 Å². The third kappa shape index (κ3) is 3.29. The average molecular weight is 404 g/mol. The van der Waals surface area contributed by atoms with E-state index in [1.165, 1.54) is 25.0 Å². The van der Waals surface area contributed by atoms with E-state index in [4.69, 9.17) is 5.26 Å². The van der Waals surface area contributed by atoms with Gasteiger partial charge in [0, 0.05) is 34.7 Å². The third-order valence-corrected chi connectivity index (χ3v) is 7.58. The maximum absolute atomic E-state index is 13.3. The van der Waals surface area contributed by atoms with Gasteiger partial charge in [0.15, 0.2) is 5.78 Å². The molecule has 0 unspecified atom stereocenters. The normalized spacial score (nSPS) is 26.0. The van der Waals surface area contributed by atoms with Gasteiger partial charge in [0.25, 0.3) is 0 Å². The van der Waals surface area contributed by atoms with E-state index in [9.17, 15) is 9.90 Å². The van der Waals surface area contributed by atoms with Crippen LogP contribution in [-0.2, 0) is 6.42 Å². The molecular weight excluding hydrogens is 374 g/mol. The molecule has 0 radical (unpaired) electrons. The van der Waals surface area contributed by atoms with Crippen LogP contribution in [0.5, 0.6) is 0 Å². The highest BCUT2D eigenvalue weighted by atomic mass is 16.3. The Kier molecular flexibility index (Phi) is 5.00. The summed E-state index contributed by atoms with van der Waals surface area (Å²) in [5, 5.41) is 19.3. The Balaban J connectivity index is 1.46. The lowest BCUT2D eigenvalue weighted by molar-refractivity contribution is 0.0873. The quantitative estimate of drug-likeness (QED) is 0.745. The fourth-order valence-electron chi connectivity index (χ4n) is 5.71. The van der Waals surface area contributed by atoms with Gasteiger partial charge in [-0.3, -0.25) is 9.69 Å². The van der Waals surface area contributed by atoms with Crippen LogP contribution >= 0.6 is 0 Å². The van der Waals surface area contributed by atoms with Gasteiger partial charge in [0.05, 0.1) is 24.3 Å². The Morgan fingerprint density at radius 2 is 1.97 bits per heavy atom. The number of carbonyl (C=O) groups is 1. The van der Waals surface area contributed by atoms with Crippen molar-refractivity contribution in [3.8, 4) is 11.8 Å². The summed E-state index contributed by atoms with van der Waals surface area (Å²) in [4.78, 5) is 15.6. The molecule has 5 nitrogen and oxygen atoms in total. The van der Waals surface area contributed by atoms with Crippen LogP contribution < -0.4 is 0 Å². The molecule has 0 amide bonds. The number of aromatic nitrogens is 1. The molecular formula is C25H29N3O2. The first-order valence-corrected chi connectivity index (χ1v) is 11.2. The molecule has 2 bridgehead atoms. The molecule has 3 heterocycles. The van der Waals surface area contributed by atoms with E-state index >= 15 is 0 Å². The monoisotopic (exact) mass is 403 g/mol. The molecule has 1 N–H and O–H groups in total. The summed E-state index contributed by atoms with van der Waals surface area (Å²) in [7, 11) is 0. The van der Waals surface area contributed by atoms with Gasteiger partial charge in [-0.25, -0.2) is 0 Å². The van der Waals surface area contributed by atoms with Gasteiger partial charge in [-0.05, 0) is 68.9 Å². The summed E-state index contributed by atoms with van der Waals surface area (Å²) < 4.78 is 2.21. The van der Waals surface area contributed by atoms with Crippen molar-refractivity contribution in [2.45, 2.75) is 70.1 Å². The summed E-state index contributed by atoms with van der Waals surface area (Å²) in [6.07, 6.45) is 7.41. The minimum absolute atomic E-state index is 0.148. The first kappa shape index (κ1) is 19.5. The molecule has 3 atom stereocenters. The molecule has 2 saturated heterocycles. The van der Waals surface area contributed by atoms with Crippen molar-refractivity contribution in [3.63, 3.8) is 0 Å². The van der Waals surface area contributed by atoms with E-state index in [2.05, 4.69) is 21.6 Å². The second-order valence-electron chi connectivity index (χ2n) is 9.33. The molecule has 1 aromatic carbocycles. The standard InChI is InChI=1S/C25H29N3O2/c1-16-22(25(30)15-27-20-9-10-23(27)24(29)13-20)12-21(11-17-3-2-4-17)28(16)19-7-5-18(14-26)6-8-19/h5-8,12,17,20,23-24,29H,2-4,9-11,13,15H2,1H3/t20-,23+,24+/m0/s1. The predicted molar refractivity (Wildman–Crippen MR) is 115 cm³/mol. The number of nitrogens with zero attached hydrogens (tertiary/aromatic N) is 3. The topological polar surface area (TPSA) is 69.3 Å². The molecule has 0 spiro atoms. The van der Waals surface area contributed by atoms with Crippen molar-refractivity contribution in [2.75, 3.05) is 6.54 Å². The average Bonchev–Trinajstić information content (AvgIpc) is 3.34. The molecule has 2 aliphatic heterocycles. The minimum atomic E-state index is -0.282. The lowest BCUT2D eigenvalue weighted by Crippen LogP contribution is -2.36. The van der Waals surface area contributed by atoms with E-state index in [0.717, 1.165) is 42.6 Å². The van der Waals surface area contributed by atoms with Crippen LogP contribution in [0.15, 0.2) is 30.3 Å². The van der Waals surface area contributed by atoms with Crippen molar-refractivity contribution >= 4 is 5.78 Å². The smallest absolute Gasteiger partial charge is 0.178 e. The maximum Gasteiger partial charge on any atom is 0.178 e. The summed E-state index contributed by atoms with van der Waals surface area (Å²) >= 11 is 0.